The van der Waals surface area contributed by atoms with Gasteiger partial charge in [0.25, 0.3) is 0 Å². The predicted molar refractivity (Wildman–Crippen MR) is 110 cm³/mol. The Balaban J connectivity index is 1.68. The molecule has 1 unspecified atom stereocenters. The molecule has 1 aliphatic carbocycles. The lowest BCUT2D eigenvalue weighted by Gasteiger charge is -2.46. The molecule has 0 spiro atoms. The third-order valence-corrected chi connectivity index (χ3v) is 7.36. The van der Waals surface area contributed by atoms with Crippen LogP contribution in [0.3, 0.4) is 0 Å². The first kappa shape index (κ1) is 18.0. The fourth-order valence-electron chi connectivity index (χ4n) is 5.22. The largest absolute Gasteiger partial charge is 0.361 e. The van der Waals surface area contributed by atoms with Crippen molar-refractivity contribution in [3.05, 3.63) is 53.1 Å². The van der Waals surface area contributed by atoms with Gasteiger partial charge in [0, 0.05) is 0 Å². The van der Waals surface area contributed by atoms with Gasteiger partial charge in [0.15, 0.2) is 0 Å². The van der Waals surface area contributed by atoms with Gasteiger partial charge in [-0.25, -0.2) is 0 Å². The number of hydrogen-bond donors (Lipinski definition) is 0. The third kappa shape index (κ3) is 2.99. The monoisotopic (exact) mass is 350 g/mol. The lowest BCUT2D eigenvalue weighted by molar-refractivity contribution is -0.141. The second-order valence-corrected chi connectivity index (χ2v) is 10.2. The molecule has 1 heteroatoms. The maximum atomic E-state index is 6.41. The van der Waals surface area contributed by atoms with Crippen molar-refractivity contribution in [3.8, 4) is 0 Å². The fourth-order valence-corrected chi connectivity index (χ4v) is 5.22. The van der Waals surface area contributed by atoms with Gasteiger partial charge < -0.3 is 4.74 Å². The average molecular weight is 351 g/mol. The maximum absolute atomic E-state index is 6.41. The molecular weight excluding hydrogens is 316 g/mol. The van der Waals surface area contributed by atoms with Crippen LogP contribution in [0.25, 0.3) is 5.57 Å². The highest BCUT2D eigenvalue weighted by Gasteiger charge is 2.51. The Bertz CT molecular complexity index is 783. The van der Waals surface area contributed by atoms with E-state index >= 15 is 0 Å². The minimum absolute atomic E-state index is 0.106. The lowest BCUT2D eigenvalue weighted by Crippen LogP contribution is -2.46. The number of aryl methyl sites for hydroxylation is 1. The Hall–Kier alpha value is -1.34. The summed E-state index contributed by atoms with van der Waals surface area (Å²) in [5.41, 5.74) is 6.17. The highest BCUT2D eigenvalue weighted by molar-refractivity contribution is 5.69. The van der Waals surface area contributed by atoms with Gasteiger partial charge in [-0.2, -0.15) is 0 Å². The minimum Gasteiger partial charge on any atom is -0.361 e. The first-order valence-corrected chi connectivity index (χ1v) is 10.3. The van der Waals surface area contributed by atoms with Gasteiger partial charge in [-0.15, -0.1) is 0 Å². The number of allylic oxidation sites excluding steroid dienone is 2. The van der Waals surface area contributed by atoms with Crippen molar-refractivity contribution in [3.63, 3.8) is 0 Å². The molecule has 4 rings (SSSR count). The Morgan fingerprint density at radius 1 is 1.08 bits per heavy atom. The molecule has 1 nitrogen and oxygen atoms in total. The Morgan fingerprint density at radius 3 is 2.54 bits per heavy atom. The van der Waals surface area contributed by atoms with Crippen LogP contribution in [0.1, 0.15) is 82.9 Å². The van der Waals surface area contributed by atoms with E-state index in [-0.39, 0.29) is 11.2 Å². The van der Waals surface area contributed by atoms with Crippen molar-refractivity contribution in [1.82, 2.24) is 0 Å². The first-order chi connectivity index (χ1) is 12.1. The van der Waals surface area contributed by atoms with Crippen molar-refractivity contribution < 1.29 is 4.74 Å². The maximum Gasteiger partial charge on any atom is 0.0878 e. The predicted octanol–water partition coefficient (Wildman–Crippen LogP) is 6.82. The second-order valence-electron chi connectivity index (χ2n) is 10.2. The number of ether oxygens (including phenoxy) is 1. The lowest BCUT2D eigenvalue weighted by atomic mass is 9.71. The molecule has 2 aliphatic heterocycles. The number of benzene rings is 1. The van der Waals surface area contributed by atoms with E-state index in [0.717, 1.165) is 6.42 Å². The minimum atomic E-state index is -0.128. The molecule has 1 fully saturated rings. The van der Waals surface area contributed by atoms with Crippen LogP contribution in [0.15, 0.2) is 36.4 Å². The number of fused-ring (bicyclic) bond motifs is 2. The van der Waals surface area contributed by atoms with Crippen LogP contribution in [-0.4, -0.2) is 11.2 Å². The van der Waals surface area contributed by atoms with Crippen LogP contribution in [0.2, 0.25) is 0 Å². The highest BCUT2D eigenvalue weighted by atomic mass is 16.5. The molecule has 0 saturated carbocycles. The number of hydrogen-bond acceptors (Lipinski definition) is 1. The van der Waals surface area contributed by atoms with Gasteiger partial charge in [0.05, 0.1) is 11.2 Å². The third-order valence-electron chi connectivity index (χ3n) is 7.36. The van der Waals surface area contributed by atoms with Gasteiger partial charge in [-0.1, -0.05) is 57.2 Å². The van der Waals surface area contributed by atoms with Crippen molar-refractivity contribution in [2.45, 2.75) is 84.3 Å². The van der Waals surface area contributed by atoms with Gasteiger partial charge in [-0.05, 0) is 86.0 Å². The van der Waals surface area contributed by atoms with Crippen molar-refractivity contribution in [1.29, 1.82) is 0 Å². The van der Waals surface area contributed by atoms with E-state index in [1.807, 2.05) is 0 Å². The molecular formula is C25H34O. The molecule has 140 valence electrons. The smallest absolute Gasteiger partial charge is 0.0878 e. The molecule has 0 radical (unpaired) electrons. The van der Waals surface area contributed by atoms with Crippen LogP contribution < -0.4 is 0 Å². The van der Waals surface area contributed by atoms with Crippen LogP contribution >= 0.6 is 0 Å². The summed E-state index contributed by atoms with van der Waals surface area (Å²) in [6.45, 7) is 13.9. The van der Waals surface area contributed by atoms with E-state index in [1.54, 1.807) is 5.57 Å². The Kier molecular flexibility index (Phi) is 4.04. The summed E-state index contributed by atoms with van der Waals surface area (Å²) in [6, 6.07) is 7.20. The fraction of sp³-hybridized carbons (Fsp3) is 0.600. The molecule has 1 saturated heterocycles. The zero-order chi connectivity index (χ0) is 18.7. The van der Waals surface area contributed by atoms with Gasteiger partial charge in [0.2, 0.25) is 0 Å². The van der Waals surface area contributed by atoms with E-state index in [9.17, 15) is 0 Å². The van der Waals surface area contributed by atoms with Crippen LogP contribution in [0.4, 0.5) is 0 Å². The van der Waals surface area contributed by atoms with Crippen molar-refractivity contribution >= 4 is 5.57 Å². The zero-order valence-electron chi connectivity index (χ0n) is 17.4. The van der Waals surface area contributed by atoms with Gasteiger partial charge >= 0.3 is 0 Å². The summed E-state index contributed by atoms with van der Waals surface area (Å²) >= 11 is 0. The second kappa shape index (κ2) is 5.83. The van der Waals surface area contributed by atoms with Gasteiger partial charge in [-0.3, -0.25) is 0 Å². The standard InChI is InChI=1S/C25H34O/c1-17-7-8-20(15-21(17)19-9-11-23(3,4)12-10-19)22-16-24(5)13-14-25(6,26-24)18(22)2/h7-9,13-15,18,22H,10-12,16H2,1-6H3/t18-,22?,24+,25-/m0/s1. The molecule has 2 heterocycles. The molecule has 3 aliphatic rings. The first-order valence-electron chi connectivity index (χ1n) is 10.3. The molecule has 0 amide bonds. The summed E-state index contributed by atoms with van der Waals surface area (Å²) in [4.78, 5) is 0. The van der Waals surface area contributed by atoms with Crippen molar-refractivity contribution in [2.24, 2.45) is 11.3 Å². The van der Waals surface area contributed by atoms with Crippen molar-refractivity contribution in [2.75, 3.05) is 0 Å². The van der Waals surface area contributed by atoms with Gasteiger partial charge in [0.1, 0.15) is 0 Å². The molecule has 2 bridgehead atoms. The summed E-state index contributed by atoms with van der Waals surface area (Å²) in [7, 11) is 0. The van der Waals surface area contributed by atoms with Crippen LogP contribution in [-0.2, 0) is 4.74 Å². The summed E-state index contributed by atoms with van der Waals surface area (Å²) in [6.07, 6.45) is 11.9. The normalized spacial score (nSPS) is 38.3. The Morgan fingerprint density at radius 2 is 1.85 bits per heavy atom. The van der Waals surface area contributed by atoms with E-state index in [2.05, 4.69) is 78.0 Å². The van der Waals surface area contributed by atoms with E-state index < -0.39 is 0 Å². The Labute approximate surface area is 159 Å². The van der Waals surface area contributed by atoms with Crippen LogP contribution in [0.5, 0.6) is 0 Å². The van der Waals surface area contributed by atoms with E-state index in [4.69, 9.17) is 4.74 Å². The highest BCUT2D eigenvalue weighted by Crippen LogP contribution is 2.52. The molecule has 1 aromatic carbocycles. The van der Waals surface area contributed by atoms with E-state index in [0.29, 0.717) is 17.3 Å². The average Bonchev–Trinajstić information content (AvgIpc) is 2.85. The number of rotatable bonds is 2. The quantitative estimate of drug-likeness (QED) is 0.532. The van der Waals surface area contributed by atoms with Crippen LogP contribution in [0, 0.1) is 18.3 Å². The molecule has 1 aromatic rings. The molecule has 26 heavy (non-hydrogen) atoms. The topological polar surface area (TPSA) is 9.23 Å². The molecule has 4 atom stereocenters. The molecule has 0 N–H and O–H groups in total. The van der Waals surface area contributed by atoms with E-state index in [1.165, 1.54) is 36.0 Å². The summed E-state index contributed by atoms with van der Waals surface area (Å²) in [5.74, 6) is 1.04. The zero-order valence-corrected chi connectivity index (χ0v) is 17.4. The molecule has 0 aromatic heterocycles. The SMILES string of the molecule is Cc1ccc(C2C[C@@]3(C)C=C[C@](C)(O3)[C@H]2C)cc1C1=CCC(C)(C)CC1. The summed E-state index contributed by atoms with van der Waals surface area (Å²) in [5, 5.41) is 0. The summed E-state index contributed by atoms with van der Waals surface area (Å²) < 4.78 is 6.41.